The predicted molar refractivity (Wildman–Crippen MR) is 77.6 cm³/mol. The summed E-state index contributed by atoms with van der Waals surface area (Å²) < 4.78 is 27.7. The molecule has 0 saturated carbocycles. The molecule has 0 aliphatic heterocycles. The van der Waals surface area contributed by atoms with Gasteiger partial charge in [0.15, 0.2) is 0 Å². The Morgan fingerprint density at radius 1 is 1.26 bits per heavy atom. The van der Waals surface area contributed by atoms with Crippen LogP contribution in [0.25, 0.3) is 0 Å². The minimum Gasteiger partial charge on any atom is -0.396 e. The van der Waals surface area contributed by atoms with Crippen molar-refractivity contribution in [3.8, 4) is 0 Å². The fourth-order valence-electron chi connectivity index (χ4n) is 1.49. The molecule has 1 rings (SSSR count). The number of aliphatic hydroxyl groups is 1. The van der Waals surface area contributed by atoms with Crippen molar-refractivity contribution in [1.29, 1.82) is 0 Å². The van der Waals surface area contributed by atoms with Gasteiger partial charge in [-0.3, -0.25) is 4.72 Å². The van der Waals surface area contributed by atoms with E-state index in [4.69, 9.17) is 5.11 Å². The van der Waals surface area contributed by atoms with Gasteiger partial charge in [0.25, 0.3) is 0 Å². The average Bonchev–Trinajstić information content (AvgIpc) is 2.35. The molecule has 0 aromatic heterocycles. The summed E-state index contributed by atoms with van der Waals surface area (Å²) in [6.07, 6.45) is 0.412. The van der Waals surface area contributed by atoms with Crippen LogP contribution in [0.15, 0.2) is 24.3 Å². The van der Waals surface area contributed by atoms with Gasteiger partial charge in [0.05, 0.1) is 5.69 Å². The summed E-state index contributed by atoms with van der Waals surface area (Å²) in [6.45, 7) is 0.245. The highest BCUT2D eigenvalue weighted by molar-refractivity contribution is 7.90. The topological polar surface area (TPSA) is 72.9 Å². The van der Waals surface area contributed by atoms with E-state index < -0.39 is 10.2 Å². The second kappa shape index (κ2) is 6.74. The fraction of sp³-hybridized carbons (Fsp3) is 0.500. The molecular weight excluding hydrogens is 266 g/mol. The molecule has 2 N–H and O–H groups in total. The van der Waals surface area contributed by atoms with E-state index in [1.807, 2.05) is 25.1 Å². The molecule has 0 amide bonds. The third-order valence-corrected chi connectivity index (χ3v) is 4.15. The molecule has 0 fully saturated rings. The first-order chi connectivity index (χ1) is 8.86. The van der Waals surface area contributed by atoms with Crippen molar-refractivity contribution in [3.63, 3.8) is 0 Å². The average molecular weight is 287 g/mol. The Morgan fingerprint density at radius 3 is 2.53 bits per heavy atom. The molecule has 1 aromatic rings. The van der Waals surface area contributed by atoms with Crippen LogP contribution >= 0.6 is 0 Å². The van der Waals surface area contributed by atoms with Gasteiger partial charge in [-0.1, -0.05) is 6.07 Å². The molecule has 1 aromatic carbocycles. The maximum absolute atomic E-state index is 12.0. The summed E-state index contributed by atoms with van der Waals surface area (Å²) in [6, 6.07) is 7.15. The van der Waals surface area contributed by atoms with Crippen molar-refractivity contribution in [2.75, 3.05) is 43.9 Å². The van der Waals surface area contributed by atoms with Gasteiger partial charge in [0.1, 0.15) is 0 Å². The summed E-state index contributed by atoms with van der Waals surface area (Å²) >= 11 is 0. The first-order valence-corrected chi connectivity index (χ1v) is 7.43. The van der Waals surface area contributed by atoms with Crippen LogP contribution in [0.4, 0.5) is 11.4 Å². The normalized spacial score (nSPS) is 11.6. The molecule has 7 heteroatoms. The van der Waals surface area contributed by atoms with Gasteiger partial charge >= 0.3 is 10.2 Å². The van der Waals surface area contributed by atoms with E-state index in [0.29, 0.717) is 12.1 Å². The molecule has 0 bridgehead atoms. The van der Waals surface area contributed by atoms with Crippen LogP contribution in [0.5, 0.6) is 0 Å². The van der Waals surface area contributed by atoms with Crippen molar-refractivity contribution in [2.45, 2.75) is 6.42 Å². The van der Waals surface area contributed by atoms with E-state index in [1.54, 1.807) is 18.2 Å². The van der Waals surface area contributed by atoms with Crippen LogP contribution in [0.3, 0.4) is 0 Å². The number of hydrogen-bond donors (Lipinski definition) is 2. The Balaban J connectivity index is 2.80. The predicted octanol–water partition coefficient (Wildman–Crippen LogP) is 0.723. The van der Waals surface area contributed by atoms with Crippen molar-refractivity contribution in [2.24, 2.45) is 0 Å². The van der Waals surface area contributed by atoms with Gasteiger partial charge in [-0.2, -0.15) is 12.7 Å². The first-order valence-electron chi connectivity index (χ1n) is 5.99. The van der Waals surface area contributed by atoms with E-state index in [0.717, 1.165) is 5.69 Å². The van der Waals surface area contributed by atoms with E-state index in [2.05, 4.69) is 4.72 Å². The van der Waals surface area contributed by atoms with E-state index >= 15 is 0 Å². The number of anilines is 2. The maximum atomic E-state index is 12.0. The standard InChI is InChI=1S/C12H21N3O3S/c1-14(2)12-7-4-6-11(10-12)13-19(17,18)15(3)8-5-9-16/h4,6-7,10,13,16H,5,8-9H2,1-3H3. The maximum Gasteiger partial charge on any atom is 0.301 e. The molecule has 19 heavy (non-hydrogen) atoms. The number of benzene rings is 1. The molecule has 0 aliphatic carbocycles. The first kappa shape index (κ1) is 15.7. The lowest BCUT2D eigenvalue weighted by molar-refractivity contribution is 0.276. The van der Waals surface area contributed by atoms with Crippen LogP contribution < -0.4 is 9.62 Å². The lowest BCUT2D eigenvalue weighted by Gasteiger charge is -2.19. The lowest BCUT2D eigenvalue weighted by Crippen LogP contribution is -2.33. The molecule has 0 atom stereocenters. The Kier molecular flexibility index (Phi) is 5.59. The number of aliphatic hydroxyl groups excluding tert-OH is 1. The molecule has 0 saturated heterocycles. The highest BCUT2D eigenvalue weighted by Crippen LogP contribution is 2.18. The van der Waals surface area contributed by atoms with Gasteiger partial charge in [-0.05, 0) is 24.6 Å². The summed E-state index contributed by atoms with van der Waals surface area (Å²) in [7, 11) is 1.69. The van der Waals surface area contributed by atoms with Gasteiger partial charge < -0.3 is 10.0 Å². The fourth-order valence-corrected chi connectivity index (χ4v) is 2.44. The smallest absolute Gasteiger partial charge is 0.301 e. The van der Waals surface area contributed by atoms with Crippen LogP contribution in [0.2, 0.25) is 0 Å². The molecule has 0 unspecified atom stereocenters. The minimum absolute atomic E-state index is 0.0318. The molecular formula is C12H21N3O3S. The lowest BCUT2D eigenvalue weighted by atomic mass is 10.3. The quantitative estimate of drug-likeness (QED) is 0.775. The van der Waals surface area contributed by atoms with Gasteiger partial charge in [-0.15, -0.1) is 0 Å². The molecule has 0 spiro atoms. The molecule has 0 radical (unpaired) electrons. The second-order valence-corrected chi connectivity index (χ2v) is 6.23. The summed E-state index contributed by atoms with van der Waals surface area (Å²) in [5, 5.41) is 8.72. The highest BCUT2D eigenvalue weighted by atomic mass is 32.2. The number of hydrogen-bond acceptors (Lipinski definition) is 4. The number of nitrogens with zero attached hydrogens (tertiary/aromatic N) is 2. The minimum atomic E-state index is -3.57. The van der Waals surface area contributed by atoms with Crippen LogP contribution in [-0.2, 0) is 10.2 Å². The number of nitrogens with one attached hydrogen (secondary N) is 1. The van der Waals surface area contributed by atoms with Gasteiger partial charge in [0.2, 0.25) is 0 Å². The van der Waals surface area contributed by atoms with E-state index in [1.165, 1.54) is 11.4 Å². The van der Waals surface area contributed by atoms with E-state index in [-0.39, 0.29) is 13.2 Å². The third kappa shape index (κ3) is 4.70. The highest BCUT2D eigenvalue weighted by Gasteiger charge is 2.17. The van der Waals surface area contributed by atoms with Crippen LogP contribution in [-0.4, -0.2) is 52.1 Å². The Hall–Kier alpha value is -1.31. The summed E-state index contributed by atoms with van der Waals surface area (Å²) in [4.78, 5) is 1.90. The molecule has 6 nitrogen and oxygen atoms in total. The Bertz CT molecular complexity index is 503. The van der Waals surface area contributed by atoms with Crippen LogP contribution in [0.1, 0.15) is 6.42 Å². The molecule has 0 heterocycles. The van der Waals surface area contributed by atoms with Crippen molar-refractivity contribution in [1.82, 2.24) is 4.31 Å². The Labute approximate surface area is 114 Å². The summed E-state index contributed by atoms with van der Waals surface area (Å²) in [5.41, 5.74) is 1.43. The SMILES string of the molecule is CN(C)c1cccc(NS(=O)(=O)N(C)CCCO)c1. The van der Waals surface area contributed by atoms with Crippen molar-refractivity contribution < 1.29 is 13.5 Å². The van der Waals surface area contributed by atoms with Gasteiger partial charge in [-0.25, -0.2) is 0 Å². The third-order valence-electron chi connectivity index (χ3n) is 2.65. The second-order valence-electron chi connectivity index (χ2n) is 4.45. The molecule has 0 aliphatic rings. The zero-order chi connectivity index (χ0) is 14.5. The summed E-state index contributed by atoms with van der Waals surface area (Å²) in [5.74, 6) is 0. The Morgan fingerprint density at radius 2 is 1.95 bits per heavy atom. The monoisotopic (exact) mass is 287 g/mol. The van der Waals surface area contributed by atoms with Crippen LogP contribution in [0, 0.1) is 0 Å². The van der Waals surface area contributed by atoms with Crippen molar-refractivity contribution >= 4 is 21.6 Å². The van der Waals surface area contributed by atoms with Gasteiger partial charge in [0, 0.05) is 40.0 Å². The zero-order valence-electron chi connectivity index (χ0n) is 11.5. The molecule has 108 valence electrons. The largest absolute Gasteiger partial charge is 0.396 e. The number of rotatable bonds is 7. The zero-order valence-corrected chi connectivity index (χ0v) is 12.3. The van der Waals surface area contributed by atoms with E-state index in [9.17, 15) is 8.42 Å². The van der Waals surface area contributed by atoms with Crippen molar-refractivity contribution in [3.05, 3.63) is 24.3 Å².